The zero-order chi connectivity index (χ0) is 12.4. The highest BCUT2D eigenvalue weighted by molar-refractivity contribution is 6.42. The first-order valence-corrected chi connectivity index (χ1v) is 5.30. The molecule has 0 aromatic heterocycles. The molecule has 90 valence electrons. The van der Waals surface area contributed by atoms with Crippen molar-refractivity contribution in [2.24, 2.45) is 0 Å². The van der Waals surface area contributed by atoms with Gasteiger partial charge < -0.3 is 10.1 Å². The fourth-order valence-corrected chi connectivity index (χ4v) is 1.42. The molecule has 0 bridgehead atoms. The monoisotopic (exact) mass is 237 g/mol. The summed E-state index contributed by atoms with van der Waals surface area (Å²) in [5.41, 5.74) is 0.0291. The van der Waals surface area contributed by atoms with Crippen molar-refractivity contribution in [3.63, 3.8) is 0 Å². The smallest absolute Gasteiger partial charge is 0.292 e. The van der Waals surface area contributed by atoms with Crippen LogP contribution in [0.3, 0.4) is 0 Å². The topological polar surface area (TPSA) is 55.4 Å². The highest BCUT2D eigenvalue weighted by Gasteiger charge is 2.27. The Morgan fingerprint density at radius 2 is 2.12 bits per heavy atom. The lowest BCUT2D eigenvalue weighted by Gasteiger charge is -2.05. The molecule has 1 fully saturated rings. The van der Waals surface area contributed by atoms with Crippen LogP contribution in [-0.2, 0) is 4.79 Å². The van der Waals surface area contributed by atoms with Crippen LogP contribution in [0, 0.1) is 5.82 Å². The molecule has 1 aliphatic carbocycles. The minimum Gasteiger partial charge on any atom is -0.494 e. The lowest BCUT2D eigenvalue weighted by Crippen LogP contribution is -2.32. The van der Waals surface area contributed by atoms with Gasteiger partial charge in [0.15, 0.2) is 11.6 Å². The predicted molar refractivity (Wildman–Crippen MR) is 58.4 cm³/mol. The predicted octanol–water partition coefficient (Wildman–Crippen LogP) is 1.30. The largest absolute Gasteiger partial charge is 0.494 e. The van der Waals surface area contributed by atoms with E-state index in [0.29, 0.717) is 0 Å². The molecule has 1 aromatic carbocycles. The number of hydrogen-bond donors (Lipinski definition) is 1. The standard InChI is InChI=1S/C12H12FNO3/c1-17-10-5-2-7(6-9(10)13)11(15)12(16)14-8-3-4-8/h2,5-6,8H,3-4H2,1H3,(H,14,16). The first-order valence-electron chi connectivity index (χ1n) is 5.30. The number of hydrogen-bond acceptors (Lipinski definition) is 3. The van der Waals surface area contributed by atoms with E-state index in [4.69, 9.17) is 4.74 Å². The van der Waals surface area contributed by atoms with Crippen LogP contribution >= 0.6 is 0 Å². The van der Waals surface area contributed by atoms with E-state index >= 15 is 0 Å². The molecule has 1 amide bonds. The SMILES string of the molecule is COc1ccc(C(=O)C(=O)NC2CC2)cc1F. The molecule has 0 unspecified atom stereocenters. The van der Waals surface area contributed by atoms with Gasteiger partial charge in [0, 0.05) is 11.6 Å². The molecular formula is C12H12FNO3. The van der Waals surface area contributed by atoms with Gasteiger partial charge in [-0.2, -0.15) is 0 Å². The number of halogens is 1. The van der Waals surface area contributed by atoms with Crippen molar-refractivity contribution in [3.05, 3.63) is 29.6 Å². The van der Waals surface area contributed by atoms with E-state index in [1.165, 1.54) is 19.2 Å². The van der Waals surface area contributed by atoms with Crippen LogP contribution in [0.25, 0.3) is 0 Å². The van der Waals surface area contributed by atoms with Crippen molar-refractivity contribution in [2.75, 3.05) is 7.11 Å². The number of nitrogens with one attached hydrogen (secondary N) is 1. The summed E-state index contributed by atoms with van der Waals surface area (Å²) in [6.07, 6.45) is 1.80. The summed E-state index contributed by atoms with van der Waals surface area (Å²) < 4.78 is 18.1. The van der Waals surface area contributed by atoms with Gasteiger partial charge in [0.05, 0.1) is 7.11 Å². The molecule has 0 spiro atoms. The third-order valence-electron chi connectivity index (χ3n) is 2.53. The molecular weight excluding hydrogens is 225 g/mol. The average molecular weight is 237 g/mol. The van der Waals surface area contributed by atoms with Gasteiger partial charge in [-0.05, 0) is 31.0 Å². The summed E-state index contributed by atoms with van der Waals surface area (Å²) in [7, 11) is 1.33. The van der Waals surface area contributed by atoms with Gasteiger partial charge in [-0.15, -0.1) is 0 Å². The van der Waals surface area contributed by atoms with Gasteiger partial charge in [0.2, 0.25) is 5.78 Å². The van der Waals surface area contributed by atoms with Gasteiger partial charge in [-0.3, -0.25) is 9.59 Å². The number of carbonyl (C=O) groups is 2. The van der Waals surface area contributed by atoms with Crippen LogP contribution in [0.2, 0.25) is 0 Å². The zero-order valence-corrected chi connectivity index (χ0v) is 9.33. The number of ketones is 1. The van der Waals surface area contributed by atoms with Crippen LogP contribution in [0.15, 0.2) is 18.2 Å². The Labute approximate surface area is 97.8 Å². The van der Waals surface area contributed by atoms with Crippen molar-refractivity contribution in [1.82, 2.24) is 5.32 Å². The molecule has 1 saturated carbocycles. The minimum absolute atomic E-state index is 0.0291. The summed E-state index contributed by atoms with van der Waals surface area (Å²) in [5, 5.41) is 2.56. The molecule has 1 N–H and O–H groups in total. The van der Waals surface area contributed by atoms with Crippen LogP contribution < -0.4 is 10.1 Å². The number of carbonyl (C=O) groups excluding carboxylic acids is 2. The molecule has 0 saturated heterocycles. The number of methoxy groups -OCH3 is 1. The Bertz CT molecular complexity index is 469. The summed E-state index contributed by atoms with van der Waals surface area (Å²) in [5.74, 6) is -2.02. The van der Waals surface area contributed by atoms with Crippen LogP contribution in [-0.4, -0.2) is 24.8 Å². The molecule has 0 aliphatic heterocycles. The lowest BCUT2D eigenvalue weighted by molar-refractivity contribution is -0.117. The van der Waals surface area contributed by atoms with Crippen molar-refractivity contribution < 1.29 is 18.7 Å². The van der Waals surface area contributed by atoms with E-state index < -0.39 is 17.5 Å². The average Bonchev–Trinajstić information content (AvgIpc) is 3.11. The molecule has 1 aromatic rings. The molecule has 0 radical (unpaired) electrons. The third-order valence-corrected chi connectivity index (χ3v) is 2.53. The highest BCUT2D eigenvalue weighted by Crippen LogP contribution is 2.20. The fourth-order valence-electron chi connectivity index (χ4n) is 1.42. The normalized spacial score (nSPS) is 14.2. The van der Waals surface area contributed by atoms with Gasteiger partial charge in [-0.1, -0.05) is 0 Å². The Hall–Kier alpha value is -1.91. The molecule has 2 rings (SSSR count). The lowest BCUT2D eigenvalue weighted by atomic mass is 10.1. The van der Waals surface area contributed by atoms with E-state index in [2.05, 4.69) is 5.32 Å². The van der Waals surface area contributed by atoms with Crippen molar-refractivity contribution in [2.45, 2.75) is 18.9 Å². The van der Waals surface area contributed by atoms with E-state index in [1.807, 2.05) is 0 Å². The molecule has 0 atom stereocenters. The maximum absolute atomic E-state index is 13.3. The Morgan fingerprint density at radius 3 is 2.65 bits per heavy atom. The second-order valence-electron chi connectivity index (χ2n) is 3.93. The second kappa shape index (κ2) is 4.53. The molecule has 1 aliphatic rings. The second-order valence-corrected chi connectivity index (χ2v) is 3.93. The third kappa shape index (κ3) is 2.61. The zero-order valence-electron chi connectivity index (χ0n) is 9.33. The van der Waals surface area contributed by atoms with Crippen LogP contribution in [0.4, 0.5) is 4.39 Å². The van der Waals surface area contributed by atoms with E-state index in [1.54, 1.807) is 0 Å². The maximum Gasteiger partial charge on any atom is 0.292 e. The van der Waals surface area contributed by atoms with Crippen molar-refractivity contribution >= 4 is 11.7 Å². The molecule has 17 heavy (non-hydrogen) atoms. The van der Waals surface area contributed by atoms with Gasteiger partial charge >= 0.3 is 0 Å². The number of rotatable bonds is 4. The van der Waals surface area contributed by atoms with Crippen molar-refractivity contribution in [1.29, 1.82) is 0 Å². The van der Waals surface area contributed by atoms with Crippen molar-refractivity contribution in [3.8, 4) is 5.75 Å². The Balaban J connectivity index is 2.12. The van der Waals surface area contributed by atoms with E-state index in [-0.39, 0.29) is 17.4 Å². The van der Waals surface area contributed by atoms with E-state index in [0.717, 1.165) is 18.9 Å². The molecule has 0 heterocycles. The number of Topliss-reactive ketones (excluding diaryl/α,β-unsaturated/α-hetero) is 1. The summed E-state index contributed by atoms with van der Waals surface area (Å²) in [6, 6.07) is 3.81. The summed E-state index contributed by atoms with van der Waals surface area (Å²) in [4.78, 5) is 23.1. The Morgan fingerprint density at radius 1 is 1.41 bits per heavy atom. The summed E-state index contributed by atoms with van der Waals surface area (Å²) in [6.45, 7) is 0. The van der Waals surface area contributed by atoms with Crippen LogP contribution in [0.1, 0.15) is 23.2 Å². The quantitative estimate of drug-likeness (QED) is 0.634. The first-order chi connectivity index (χ1) is 8.11. The first kappa shape index (κ1) is 11.6. The Kier molecular flexibility index (Phi) is 3.08. The van der Waals surface area contributed by atoms with Crippen LogP contribution in [0.5, 0.6) is 5.75 Å². The number of amides is 1. The maximum atomic E-state index is 13.3. The van der Waals surface area contributed by atoms with Gasteiger partial charge in [0.25, 0.3) is 5.91 Å². The minimum atomic E-state index is -0.724. The van der Waals surface area contributed by atoms with Gasteiger partial charge in [-0.25, -0.2) is 4.39 Å². The number of benzene rings is 1. The van der Waals surface area contributed by atoms with Gasteiger partial charge in [0.1, 0.15) is 0 Å². The summed E-state index contributed by atoms with van der Waals surface area (Å²) >= 11 is 0. The number of ether oxygens (including phenoxy) is 1. The fraction of sp³-hybridized carbons (Fsp3) is 0.333. The molecule has 4 nitrogen and oxygen atoms in total. The van der Waals surface area contributed by atoms with E-state index in [9.17, 15) is 14.0 Å². The highest BCUT2D eigenvalue weighted by atomic mass is 19.1. The molecule has 5 heteroatoms.